The molecule has 1 amide bonds. The number of unbranched alkanes of at least 4 members (excludes halogenated alkanes) is 2. The van der Waals surface area contributed by atoms with Crippen molar-refractivity contribution < 1.29 is 4.79 Å². The molecule has 0 bridgehead atoms. The van der Waals surface area contributed by atoms with Gasteiger partial charge in [-0.15, -0.1) is 0 Å². The zero-order valence-corrected chi connectivity index (χ0v) is 8.44. The highest BCUT2D eigenvalue weighted by Gasteiger charge is 2.19. The predicted octanol–water partition coefficient (Wildman–Crippen LogP) is 2.15. The van der Waals surface area contributed by atoms with Crippen LogP contribution in [0.25, 0.3) is 0 Å². The minimum Gasteiger partial charge on any atom is -0.356 e. The van der Waals surface area contributed by atoms with Crippen LogP contribution in [0.4, 0.5) is 0 Å². The van der Waals surface area contributed by atoms with Gasteiger partial charge in [-0.1, -0.05) is 40.5 Å². The summed E-state index contributed by atoms with van der Waals surface area (Å²) in [4.78, 5) is 11.3. The summed E-state index contributed by atoms with van der Waals surface area (Å²) in [5, 5.41) is 2.89. The SMILES string of the molecule is [CH2]CCCCNC(=O)C(C)(C)C. The number of rotatable bonds is 4. The highest BCUT2D eigenvalue weighted by molar-refractivity contribution is 5.81. The van der Waals surface area contributed by atoms with Crippen molar-refractivity contribution >= 4 is 5.91 Å². The minimum atomic E-state index is -0.259. The Bertz CT molecular complexity index is 135. The number of hydrogen-bond donors (Lipinski definition) is 1. The molecule has 0 fully saturated rings. The molecule has 71 valence electrons. The Kier molecular flexibility index (Phi) is 4.95. The van der Waals surface area contributed by atoms with Crippen LogP contribution in [-0.4, -0.2) is 12.5 Å². The van der Waals surface area contributed by atoms with E-state index in [4.69, 9.17) is 0 Å². The highest BCUT2D eigenvalue weighted by Crippen LogP contribution is 2.12. The van der Waals surface area contributed by atoms with Gasteiger partial charge >= 0.3 is 0 Å². The lowest BCUT2D eigenvalue weighted by Crippen LogP contribution is -2.35. The van der Waals surface area contributed by atoms with Crippen molar-refractivity contribution in [1.29, 1.82) is 0 Å². The number of amides is 1. The lowest BCUT2D eigenvalue weighted by atomic mass is 9.96. The zero-order valence-electron chi connectivity index (χ0n) is 8.44. The van der Waals surface area contributed by atoms with Gasteiger partial charge in [0.1, 0.15) is 0 Å². The van der Waals surface area contributed by atoms with Crippen molar-refractivity contribution in [2.75, 3.05) is 6.54 Å². The minimum absolute atomic E-state index is 0.131. The number of hydrogen-bond acceptors (Lipinski definition) is 1. The van der Waals surface area contributed by atoms with Gasteiger partial charge < -0.3 is 5.32 Å². The van der Waals surface area contributed by atoms with Crippen LogP contribution in [-0.2, 0) is 4.79 Å². The molecule has 0 aliphatic heterocycles. The third kappa shape index (κ3) is 5.16. The highest BCUT2D eigenvalue weighted by atomic mass is 16.2. The van der Waals surface area contributed by atoms with Crippen LogP contribution in [0.2, 0.25) is 0 Å². The number of carbonyl (C=O) groups is 1. The third-order valence-electron chi connectivity index (χ3n) is 1.64. The Morgan fingerprint density at radius 3 is 2.33 bits per heavy atom. The normalized spacial score (nSPS) is 11.3. The van der Waals surface area contributed by atoms with E-state index >= 15 is 0 Å². The Morgan fingerprint density at radius 2 is 1.92 bits per heavy atom. The standard InChI is InChI=1S/C10H20NO/c1-5-6-7-8-11-9(12)10(2,3)4/h1,5-8H2,2-4H3,(H,11,12). The fourth-order valence-electron chi connectivity index (χ4n) is 0.769. The van der Waals surface area contributed by atoms with E-state index in [-0.39, 0.29) is 11.3 Å². The van der Waals surface area contributed by atoms with E-state index in [2.05, 4.69) is 12.2 Å². The molecule has 0 heterocycles. The van der Waals surface area contributed by atoms with Crippen LogP contribution in [0, 0.1) is 12.3 Å². The third-order valence-corrected chi connectivity index (χ3v) is 1.64. The average Bonchev–Trinajstić information content (AvgIpc) is 1.96. The first kappa shape index (κ1) is 11.5. The van der Waals surface area contributed by atoms with Gasteiger partial charge in [-0.05, 0) is 6.42 Å². The van der Waals surface area contributed by atoms with Gasteiger partial charge in [0, 0.05) is 12.0 Å². The summed E-state index contributed by atoms with van der Waals surface area (Å²) >= 11 is 0. The van der Waals surface area contributed by atoms with Gasteiger partial charge in [-0.3, -0.25) is 4.79 Å². The Balaban J connectivity index is 3.45. The quantitative estimate of drug-likeness (QED) is 0.643. The molecule has 0 aromatic carbocycles. The van der Waals surface area contributed by atoms with E-state index in [0.29, 0.717) is 0 Å². The molecule has 0 atom stereocenters. The topological polar surface area (TPSA) is 29.1 Å². The van der Waals surface area contributed by atoms with E-state index in [1.807, 2.05) is 20.8 Å². The maximum Gasteiger partial charge on any atom is 0.225 e. The van der Waals surface area contributed by atoms with Crippen LogP contribution < -0.4 is 5.32 Å². The van der Waals surface area contributed by atoms with Crippen molar-refractivity contribution in [3.05, 3.63) is 6.92 Å². The molecular formula is C10H20NO. The molecule has 2 heteroatoms. The van der Waals surface area contributed by atoms with Gasteiger partial charge in [0.25, 0.3) is 0 Å². The molecule has 1 N–H and O–H groups in total. The number of nitrogens with one attached hydrogen (secondary N) is 1. The maximum atomic E-state index is 11.3. The maximum absolute atomic E-state index is 11.3. The van der Waals surface area contributed by atoms with Crippen LogP contribution in [0.15, 0.2) is 0 Å². The summed E-state index contributed by atoms with van der Waals surface area (Å²) in [6, 6.07) is 0. The molecule has 0 rings (SSSR count). The average molecular weight is 170 g/mol. The second-order valence-corrected chi connectivity index (χ2v) is 4.07. The second kappa shape index (κ2) is 5.18. The molecule has 0 unspecified atom stereocenters. The first-order valence-corrected chi connectivity index (χ1v) is 4.56. The van der Waals surface area contributed by atoms with Crippen molar-refractivity contribution in [2.45, 2.75) is 40.0 Å². The smallest absolute Gasteiger partial charge is 0.225 e. The Labute approximate surface area is 75.7 Å². The molecule has 0 aliphatic carbocycles. The van der Waals surface area contributed by atoms with Crippen molar-refractivity contribution in [1.82, 2.24) is 5.32 Å². The first-order valence-electron chi connectivity index (χ1n) is 4.56. The molecule has 12 heavy (non-hydrogen) atoms. The fraction of sp³-hybridized carbons (Fsp3) is 0.800. The lowest BCUT2D eigenvalue weighted by molar-refractivity contribution is -0.128. The van der Waals surface area contributed by atoms with E-state index in [1.165, 1.54) is 0 Å². The largest absolute Gasteiger partial charge is 0.356 e. The van der Waals surface area contributed by atoms with Crippen molar-refractivity contribution in [2.24, 2.45) is 5.41 Å². The lowest BCUT2D eigenvalue weighted by Gasteiger charge is -2.17. The van der Waals surface area contributed by atoms with Crippen LogP contribution in [0.5, 0.6) is 0 Å². The van der Waals surface area contributed by atoms with Gasteiger partial charge in [-0.2, -0.15) is 0 Å². The van der Waals surface area contributed by atoms with Crippen LogP contribution in [0.1, 0.15) is 40.0 Å². The molecule has 0 aromatic heterocycles. The zero-order chi connectivity index (χ0) is 9.61. The van der Waals surface area contributed by atoms with Gasteiger partial charge in [0.2, 0.25) is 5.91 Å². The molecule has 0 spiro atoms. The van der Waals surface area contributed by atoms with Gasteiger partial charge in [-0.25, -0.2) is 0 Å². The van der Waals surface area contributed by atoms with Crippen LogP contribution >= 0.6 is 0 Å². The fourth-order valence-corrected chi connectivity index (χ4v) is 0.769. The molecule has 2 nitrogen and oxygen atoms in total. The van der Waals surface area contributed by atoms with Crippen molar-refractivity contribution in [3.63, 3.8) is 0 Å². The molecule has 0 saturated carbocycles. The van der Waals surface area contributed by atoms with E-state index in [0.717, 1.165) is 25.8 Å². The summed E-state index contributed by atoms with van der Waals surface area (Å²) in [5.41, 5.74) is -0.259. The summed E-state index contributed by atoms with van der Waals surface area (Å²) in [7, 11) is 0. The van der Waals surface area contributed by atoms with E-state index < -0.39 is 0 Å². The molecule has 0 saturated heterocycles. The predicted molar refractivity (Wildman–Crippen MR) is 51.7 cm³/mol. The van der Waals surface area contributed by atoms with E-state index in [1.54, 1.807) is 0 Å². The molecule has 0 aliphatic rings. The Morgan fingerprint density at radius 1 is 1.33 bits per heavy atom. The molecule has 1 radical (unpaired) electrons. The van der Waals surface area contributed by atoms with Crippen LogP contribution in [0.3, 0.4) is 0 Å². The molecule has 0 aromatic rings. The Hall–Kier alpha value is -0.530. The monoisotopic (exact) mass is 170 g/mol. The summed E-state index contributed by atoms with van der Waals surface area (Å²) in [6.07, 6.45) is 3.07. The summed E-state index contributed by atoms with van der Waals surface area (Å²) < 4.78 is 0. The summed E-state index contributed by atoms with van der Waals surface area (Å²) in [6.45, 7) is 10.3. The van der Waals surface area contributed by atoms with Gasteiger partial charge in [0.15, 0.2) is 0 Å². The van der Waals surface area contributed by atoms with Crippen molar-refractivity contribution in [3.8, 4) is 0 Å². The second-order valence-electron chi connectivity index (χ2n) is 4.07. The van der Waals surface area contributed by atoms with Gasteiger partial charge in [0.05, 0.1) is 0 Å². The first-order chi connectivity index (χ1) is 5.48. The number of carbonyl (C=O) groups excluding carboxylic acids is 1. The molecular weight excluding hydrogens is 150 g/mol. The summed E-state index contributed by atoms with van der Waals surface area (Å²) in [5.74, 6) is 0.131. The van der Waals surface area contributed by atoms with E-state index in [9.17, 15) is 4.79 Å².